The molecule has 0 unspecified atom stereocenters. The summed E-state index contributed by atoms with van der Waals surface area (Å²) in [6, 6.07) is 17.3. The van der Waals surface area contributed by atoms with Crippen LogP contribution in [-0.2, 0) is 14.3 Å². The number of nitrogens with zero attached hydrogens (tertiary/aromatic N) is 2. The van der Waals surface area contributed by atoms with Gasteiger partial charge in [-0.1, -0.05) is 59.6 Å². The van der Waals surface area contributed by atoms with E-state index in [1.54, 1.807) is 24.3 Å². The van der Waals surface area contributed by atoms with Gasteiger partial charge in [0.1, 0.15) is 0 Å². The van der Waals surface area contributed by atoms with Crippen molar-refractivity contribution in [1.82, 2.24) is 0 Å². The molecule has 1 heterocycles. The number of benzene rings is 3. The van der Waals surface area contributed by atoms with Crippen LogP contribution in [0.3, 0.4) is 0 Å². The number of methoxy groups -OCH3 is 1. The Morgan fingerprint density at radius 2 is 1.81 bits per heavy atom. The zero-order valence-corrected chi connectivity index (χ0v) is 18.9. The fourth-order valence-electron chi connectivity index (χ4n) is 3.15. The van der Waals surface area contributed by atoms with Crippen LogP contribution >= 0.6 is 35.0 Å². The van der Waals surface area contributed by atoms with Crippen molar-refractivity contribution in [2.75, 3.05) is 12.0 Å². The van der Waals surface area contributed by atoms with Crippen molar-refractivity contribution in [3.8, 4) is 0 Å². The Hall–Kier alpha value is -3.13. The molecular formula is C23H14Cl2N2O4S. The molecule has 3 aromatic rings. The van der Waals surface area contributed by atoms with Gasteiger partial charge in [-0.25, -0.2) is 4.79 Å². The van der Waals surface area contributed by atoms with Crippen LogP contribution in [0.2, 0.25) is 10.0 Å². The second kappa shape index (κ2) is 9.16. The highest BCUT2D eigenvalue weighted by Crippen LogP contribution is 2.39. The summed E-state index contributed by atoms with van der Waals surface area (Å²) in [4.78, 5) is 43.4. The summed E-state index contributed by atoms with van der Waals surface area (Å²) in [5.41, 5.74) is 0.669. The van der Waals surface area contributed by atoms with Crippen molar-refractivity contribution in [1.29, 1.82) is 0 Å². The number of aliphatic imine (C=N–C) groups is 1. The number of halogens is 2. The predicted octanol–water partition coefficient (Wildman–Crippen LogP) is 5.48. The van der Waals surface area contributed by atoms with E-state index in [4.69, 9.17) is 23.2 Å². The topological polar surface area (TPSA) is 76.0 Å². The van der Waals surface area contributed by atoms with Crippen LogP contribution < -0.4 is 4.90 Å². The van der Waals surface area contributed by atoms with Crippen LogP contribution in [0.1, 0.15) is 10.4 Å². The minimum Gasteiger partial charge on any atom is -0.466 e. The lowest BCUT2D eigenvalue weighted by molar-refractivity contribution is -0.135. The average Bonchev–Trinajstić information content (AvgIpc) is 3.07. The summed E-state index contributed by atoms with van der Waals surface area (Å²) in [6.07, 6.45) is 1.05. The van der Waals surface area contributed by atoms with E-state index in [-0.39, 0.29) is 20.8 Å². The molecule has 1 aliphatic heterocycles. The second-order valence-electron chi connectivity index (χ2n) is 6.60. The molecule has 9 heteroatoms. The normalized spacial score (nSPS) is 16.2. The molecule has 0 bridgehead atoms. The van der Waals surface area contributed by atoms with Crippen molar-refractivity contribution in [3.05, 3.63) is 87.3 Å². The highest BCUT2D eigenvalue weighted by Gasteiger charge is 2.37. The third-order valence-electron chi connectivity index (χ3n) is 4.62. The molecule has 6 nitrogen and oxygen atoms in total. The lowest BCUT2D eigenvalue weighted by atomic mass is 10.0. The van der Waals surface area contributed by atoms with Crippen molar-refractivity contribution in [3.63, 3.8) is 0 Å². The van der Waals surface area contributed by atoms with E-state index in [1.165, 1.54) is 18.1 Å². The Balaban J connectivity index is 1.82. The number of amides is 2. The van der Waals surface area contributed by atoms with E-state index in [0.29, 0.717) is 10.6 Å². The van der Waals surface area contributed by atoms with Gasteiger partial charge in [-0.15, -0.1) is 0 Å². The van der Waals surface area contributed by atoms with E-state index in [0.717, 1.165) is 28.6 Å². The molecular weight excluding hydrogens is 471 g/mol. The number of thioether (sulfide) groups is 1. The first-order valence-electron chi connectivity index (χ1n) is 9.27. The van der Waals surface area contributed by atoms with E-state index in [9.17, 15) is 14.4 Å². The van der Waals surface area contributed by atoms with Crippen LogP contribution in [0.4, 0.5) is 5.69 Å². The van der Waals surface area contributed by atoms with Gasteiger partial charge in [-0.05, 0) is 46.8 Å². The molecule has 0 aromatic heterocycles. The Labute approximate surface area is 197 Å². The minimum atomic E-state index is -0.704. The fourth-order valence-corrected chi connectivity index (χ4v) is 4.57. The maximum Gasteiger partial charge on any atom is 0.331 e. The van der Waals surface area contributed by atoms with Crippen molar-refractivity contribution in [2.24, 2.45) is 4.99 Å². The van der Waals surface area contributed by atoms with Gasteiger partial charge in [0.25, 0.3) is 11.8 Å². The summed E-state index contributed by atoms with van der Waals surface area (Å²) in [5.74, 6) is -1.80. The van der Waals surface area contributed by atoms with E-state index < -0.39 is 17.8 Å². The number of amidine groups is 1. The molecule has 0 radical (unpaired) electrons. The van der Waals surface area contributed by atoms with Crippen molar-refractivity contribution < 1.29 is 19.1 Å². The average molecular weight is 485 g/mol. The number of carbonyl (C=O) groups excluding carboxylic acids is 3. The number of ether oxygens (including phenoxy) is 1. The number of carbonyl (C=O) groups is 3. The quantitative estimate of drug-likeness (QED) is 0.363. The highest BCUT2D eigenvalue weighted by atomic mass is 35.5. The van der Waals surface area contributed by atoms with Crippen LogP contribution in [-0.4, -0.2) is 30.1 Å². The zero-order valence-electron chi connectivity index (χ0n) is 16.5. The molecule has 0 atom stereocenters. The third kappa shape index (κ3) is 4.27. The van der Waals surface area contributed by atoms with Crippen LogP contribution in [0.25, 0.3) is 10.8 Å². The molecule has 0 saturated carbocycles. The Kier molecular flexibility index (Phi) is 6.32. The first-order valence-corrected chi connectivity index (χ1v) is 10.8. The number of hydrogen-bond donors (Lipinski definition) is 0. The fraction of sp³-hybridized carbons (Fsp3) is 0.0435. The third-order valence-corrected chi connectivity index (χ3v) is 6.13. The van der Waals surface area contributed by atoms with Gasteiger partial charge in [-0.3, -0.25) is 14.5 Å². The van der Waals surface area contributed by atoms with E-state index in [1.807, 2.05) is 30.3 Å². The van der Waals surface area contributed by atoms with Crippen LogP contribution in [0.15, 0.2) is 76.6 Å². The molecule has 0 N–H and O–H groups in total. The highest BCUT2D eigenvalue weighted by molar-refractivity contribution is 8.19. The van der Waals surface area contributed by atoms with Crippen LogP contribution in [0.5, 0.6) is 0 Å². The van der Waals surface area contributed by atoms with Gasteiger partial charge in [0, 0.05) is 16.7 Å². The van der Waals surface area contributed by atoms with Crippen molar-refractivity contribution >= 4 is 74.4 Å². The van der Waals surface area contributed by atoms with E-state index in [2.05, 4.69) is 9.73 Å². The van der Waals surface area contributed by atoms with Gasteiger partial charge in [0.15, 0.2) is 5.17 Å². The van der Waals surface area contributed by atoms with Gasteiger partial charge in [0.2, 0.25) is 0 Å². The molecule has 1 aliphatic rings. The lowest BCUT2D eigenvalue weighted by Crippen LogP contribution is -2.30. The molecule has 3 aromatic carbocycles. The number of hydrogen-bond acceptors (Lipinski definition) is 5. The first-order chi connectivity index (χ1) is 15.4. The van der Waals surface area contributed by atoms with E-state index >= 15 is 0 Å². The largest absolute Gasteiger partial charge is 0.466 e. The number of anilines is 1. The smallest absolute Gasteiger partial charge is 0.331 e. The number of esters is 1. The maximum absolute atomic E-state index is 13.1. The SMILES string of the molecule is COC(=O)/C=C1\SC(=NC(=O)c2cccc3ccccc23)N(c2ccc(Cl)cc2Cl)C1=O. The zero-order chi connectivity index (χ0) is 22.8. The standard InChI is InChI=1S/C23H14Cl2N2O4S/c1-31-20(28)12-19-22(30)27(18-10-9-14(24)11-17(18)25)23(32-19)26-21(29)16-8-4-6-13-5-2-3-7-15(13)16/h2-12H,1H3/b19-12-,26-23?. The number of rotatable bonds is 3. The minimum absolute atomic E-state index is 0.0485. The lowest BCUT2D eigenvalue weighted by Gasteiger charge is -2.17. The molecule has 0 spiro atoms. The summed E-state index contributed by atoms with van der Waals surface area (Å²) in [7, 11) is 1.20. The van der Waals surface area contributed by atoms with Gasteiger partial charge in [-0.2, -0.15) is 4.99 Å². The molecule has 2 amide bonds. The molecule has 32 heavy (non-hydrogen) atoms. The van der Waals surface area contributed by atoms with Gasteiger partial charge in [0.05, 0.1) is 22.7 Å². The summed E-state index contributed by atoms with van der Waals surface area (Å²) in [5, 5.41) is 2.26. The Morgan fingerprint density at radius 1 is 1.06 bits per heavy atom. The summed E-state index contributed by atoms with van der Waals surface area (Å²) in [6.45, 7) is 0. The Bertz CT molecular complexity index is 1330. The Morgan fingerprint density at radius 3 is 2.56 bits per heavy atom. The van der Waals surface area contributed by atoms with Gasteiger partial charge >= 0.3 is 5.97 Å². The summed E-state index contributed by atoms with van der Waals surface area (Å²) >= 11 is 13.2. The first kappa shape index (κ1) is 22.1. The molecule has 160 valence electrons. The monoisotopic (exact) mass is 484 g/mol. The summed E-state index contributed by atoms with van der Waals surface area (Å²) < 4.78 is 4.63. The van der Waals surface area contributed by atoms with Gasteiger partial charge < -0.3 is 4.74 Å². The molecule has 0 aliphatic carbocycles. The molecule has 1 saturated heterocycles. The van der Waals surface area contributed by atoms with Crippen molar-refractivity contribution in [2.45, 2.75) is 0 Å². The predicted molar refractivity (Wildman–Crippen MR) is 127 cm³/mol. The number of fused-ring (bicyclic) bond motifs is 1. The maximum atomic E-state index is 13.1. The molecule has 4 rings (SSSR count). The van der Waals surface area contributed by atoms with Crippen LogP contribution in [0, 0.1) is 0 Å². The second-order valence-corrected chi connectivity index (χ2v) is 8.45. The molecule has 1 fully saturated rings.